The minimum absolute atomic E-state index is 0.456. The van der Waals surface area contributed by atoms with Gasteiger partial charge in [0.25, 0.3) is 0 Å². The van der Waals surface area contributed by atoms with Gasteiger partial charge < -0.3 is 14.0 Å². The van der Waals surface area contributed by atoms with Gasteiger partial charge in [0.05, 0.1) is 13.2 Å². The summed E-state index contributed by atoms with van der Waals surface area (Å²) in [5.74, 6) is 0.852. The maximum absolute atomic E-state index is 5.87. The molecule has 0 saturated carbocycles. The molecule has 0 unspecified atom stereocenters. The normalized spacial score (nSPS) is 10.9. The van der Waals surface area contributed by atoms with Crippen LogP contribution in [0.1, 0.15) is 18.7 Å². The molecular weight excluding hydrogens is 230 g/mol. The second-order valence-electron chi connectivity index (χ2n) is 3.48. The van der Waals surface area contributed by atoms with Crippen LogP contribution in [-0.4, -0.2) is 41.7 Å². The van der Waals surface area contributed by atoms with Crippen molar-refractivity contribution in [3.8, 4) is 0 Å². The molecule has 0 aliphatic rings. The van der Waals surface area contributed by atoms with Crippen LogP contribution in [0.15, 0.2) is 0 Å². The van der Waals surface area contributed by atoms with E-state index in [0.717, 1.165) is 31.8 Å². The summed E-state index contributed by atoms with van der Waals surface area (Å²) in [5, 5.41) is 8.13. The van der Waals surface area contributed by atoms with Gasteiger partial charge in [-0.05, 0) is 31.4 Å². The topological polar surface area (TPSA) is 49.2 Å². The Morgan fingerprint density at radius 1 is 1.19 bits per heavy atom. The highest BCUT2D eigenvalue weighted by atomic mass is 35.5. The lowest BCUT2D eigenvalue weighted by molar-refractivity contribution is 0.0684. The molecule has 0 atom stereocenters. The lowest BCUT2D eigenvalue weighted by atomic mass is 10.3. The van der Waals surface area contributed by atoms with Gasteiger partial charge in [0.15, 0.2) is 0 Å². The van der Waals surface area contributed by atoms with Crippen molar-refractivity contribution < 1.29 is 9.47 Å². The number of rotatable bonds is 8. The smallest absolute Gasteiger partial charge is 0.225 e. The Balaban J connectivity index is 2.07. The molecule has 1 aromatic rings. The maximum Gasteiger partial charge on any atom is 0.225 e. The van der Waals surface area contributed by atoms with Crippen LogP contribution in [0, 0.1) is 6.92 Å². The van der Waals surface area contributed by atoms with Crippen molar-refractivity contribution in [2.45, 2.75) is 26.3 Å². The number of aromatic nitrogens is 3. The van der Waals surface area contributed by atoms with Gasteiger partial charge in [-0.3, -0.25) is 0 Å². The van der Waals surface area contributed by atoms with Crippen LogP contribution in [0.3, 0.4) is 0 Å². The first kappa shape index (κ1) is 13.4. The molecule has 16 heavy (non-hydrogen) atoms. The largest absolute Gasteiger partial charge is 0.382 e. The summed E-state index contributed by atoms with van der Waals surface area (Å²) < 4.78 is 12.1. The van der Waals surface area contributed by atoms with Gasteiger partial charge >= 0.3 is 0 Å². The van der Waals surface area contributed by atoms with Crippen LogP contribution < -0.4 is 0 Å². The van der Waals surface area contributed by atoms with Crippen molar-refractivity contribution >= 4 is 11.6 Å². The maximum atomic E-state index is 5.87. The first-order chi connectivity index (χ1) is 7.75. The summed E-state index contributed by atoms with van der Waals surface area (Å²) in [6.07, 6.45) is 2.00. The van der Waals surface area contributed by atoms with Crippen molar-refractivity contribution in [2.24, 2.45) is 0 Å². The highest BCUT2D eigenvalue weighted by molar-refractivity contribution is 6.28. The number of unbranched alkanes of at least 4 members (excludes halogenated alkanes) is 1. The Labute approximate surface area is 101 Å². The molecule has 1 rings (SSSR count). The van der Waals surface area contributed by atoms with E-state index < -0.39 is 0 Å². The zero-order valence-electron chi connectivity index (χ0n) is 9.78. The third kappa shape index (κ3) is 4.47. The molecule has 6 heteroatoms. The number of methoxy groups -OCH3 is 1. The highest BCUT2D eigenvalue weighted by Crippen LogP contribution is 2.08. The number of hydrogen-bond donors (Lipinski definition) is 0. The van der Waals surface area contributed by atoms with E-state index in [-0.39, 0.29) is 0 Å². The summed E-state index contributed by atoms with van der Waals surface area (Å²) in [6.45, 7) is 4.79. The fourth-order valence-electron chi connectivity index (χ4n) is 1.33. The zero-order chi connectivity index (χ0) is 11.8. The molecule has 0 aliphatic carbocycles. The molecule has 0 N–H and O–H groups in total. The van der Waals surface area contributed by atoms with E-state index in [2.05, 4.69) is 10.2 Å². The van der Waals surface area contributed by atoms with Crippen LogP contribution in [0.2, 0.25) is 5.28 Å². The van der Waals surface area contributed by atoms with E-state index in [0.29, 0.717) is 18.5 Å². The molecule has 0 aliphatic heterocycles. The van der Waals surface area contributed by atoms with Crippen LogP contribution >= 0.6 is 11.6 Å². The number of ether oxygens (including phenoxy) is 2. The van der Waals surface area contributed by atoms with Crippen LogP contribution in [0.5, 0.6) is 0 Å². The molecular formula is C10H18ClN3O2. The van der Waals surface area contributed by atoms with E-state index in [9.17, 15) is 0 Å². The number of nitrogens with zero attached hydrogens (tertiary/aromatic N) is 3. The van der Waals surface area contributed by atoms with Crippen molar-refractivity contribution in [3.63, 3.8) is 0 Å². The van der Waals surface area contributed by atoms with E-state index >= 15 is 0 Å². The molecule has 0 saturated heterocycles. The van der Waals surface area contributed by atoms with Gasteiger partial charge in [-0.1, -0.05) is 0 Å². The third-order valence-corrected chi connectivity index (χ3v) is 2.52. The second-order valence-corrected chi connectivity index (χ2v) is 3.82. The first-order valence-corrected chi connectivity index (χ1v) is 5.75. The highest BCUT2D eigenvalue weighted by Gasteiger charge is 2.04. The number of aryl methyl sites for hydroxylation is 1. The summed E-state index contributed by atoms with van der Waals surface area (Å²) in [4.78, 5) is 0. The van der Waals surface area contributed by atoms with Crippen molar-refractivity contribution in [1.82, 2.24) is 14.8 Å². The monoisotopic (exact) mass is 247 g/mol. The van der Waals surface area contributed by atoms with Gasteiger partial charge in [0.2, 0.25) is 5.28 Å². The second kappa shape index (κ2) is 7.60. The minimum Gasteiger partial charge on any atom is -0.382 e. The molecule has 0 aromatic carbocycles. The van der Waals surface area contributed by atoms with Crippen LogP contribution in [0.4, 0.5) is 0 Å². The third-order valence-electron chi connectivity index (χ3n) is 2.24. The van der Waals surface area contributed by atoms with Crippen LogP contribution in [0.25, 0.3) is 0 Å². The molecule has 1 aromatic heterocycles. The van der Waals surface area contributed by atoms with Gasteiger partial charge in [0.1, 0.15) is 5.82 Å². The Kier molecular flexibility index (Phi) is 6.37. The quantitative estimate of drug-likeness (QED) is 0.656. The Hall–Kier alpha value is -0.650. The summed E-state index contributed by atoms with van der Waals surface area (Å²) in [6, 6.07) is 0. The lowest BCUT2D eigenvalue weighted by Crippen LogP contribution is -2.05. The van der Waals surface area contributed by atoms with E-state index in [1.54, 1.807) is 7.11 Å². The van der Waals surface area contributed by atoms with Crippen LogP contribution in [-0.2, 0) is 16.0 Å². The van der Waals surface area contributed by atoms with Crippen molar-refractivity contribution in [2.75, 3.05) is 26.9 Å². The predicted molar refractivity (Wildman–Crippen MR) is 61.7 cm³/mol. The average molecular weight is 248 g/mol. The fraction of sp³-hybridized carbons (Fsp3) is 0.800. The zero-order valence-corrected chi connectivity index (χ0v) is 10.5. The van der Waals surface area contributed by atoms with Gasteiger partial charge in [-0.15, -0.1) is 10.2 Å². The van der Waals surface area contributed by atoms with Gasteiger partial charge in [0, 0.05) is 20.3 Å². The molecule has 0 radical (unpaired) electrons. The molecule has 92 valence electrons. The predicted octanol–water partition coefficient (Wildman–Crippen LogP) is 1.68. The van der Waals surface area contributed by atoms with Crippen molar-refractivity contribution in [1.29, 1.82) is 0 Å². The molecule has 5 nitrogen and oxygen atoms in total. The fourth-order valence-corrected chi connectivity index (χ4v) is 1.57. The molecule has 0 spiro atoms. The molecule has 0 bridgehead atoms. The minimum atomic E-state index is 0.456. The summed E-state index contributed by atoms with van der Waals surface area (Å²) in [5.41, 5.74) is 0. The standard InChI is InChI=1S/C10H18ClN3O2/c1-9-12-13-10(11)14(9)5-3-4-6-16-8-7-15-2/h3-8H2,1-2H3. The van der Waals surface area contributed by atoms with E-state index in [1.807, 2.05) is 11.5 Å². The molecule has 1 heterocycles. The lowest BCUT2D eigenvalue weighted by Gasteiger charge is -2.05. The molecule has 0 amide bonds. The number of hydrogen-bond acceptors (Lipinski definition) is 4. The Morgan fingerprint density at radius 3 is 2.62 bits per heavy atom. The van der Waals surface area contributed by atoms with Crippen molar-refractivity contribution in [3.05, 3.63) is 11.1 Å². The summed E-state index contributed by atoms with van der Waals surface area (Å²) >= 11 is 5.87. The van der Waals surface area contributed by atoms with Gasteiger partial charge in [-0.2, -0.15) is 0 Å². The average Bonchev–Trinajstić information content (AvgIpc) is 2.59. The summed E-state index contributed by atoms with van der Waals surface area (Å²) in [7, 11) is 1.67. The van der Waals surface area contributed by atoms with Gasteiger partial charge in [-0.25, -0.2) is 0 Å². The Morgan fingerprint density at radius 2 is 2.00 bits per heavy atom. The molecule has 0 fully saturated rings. The first-order valence-electron chi connectivity index (χ1n) is 5.37. The van der Waals surface area contributed by atoms with E-state index in [4.69, 9.17) is 21.1 Å². The number of halogens is 1. The van der Waals surface area contributed by atoms with E-state index in [1.165, 1.54) is 0 Å². The SMILES string of the molecule is COCCOCCCCn1c(C)nnc1Cl. The Bertz CT molecular complexity index is 285.